The van der Waals surface area contributed by atoms with Gasteiger partial charge in [-0.25, -0.2) is 9.18 Å². The average Bonchev–Trinajstić information content (AvgIpc) is 2.94. The van der Waals surface area contributed by atoms with Gasteiger partial charge >= 0.3 is 5.63 Å². The lowest BCUT2D eigenvalue weighted by Gasteiger charge is -2.13. The van der Waals surface area contributed by atoms with E-state index >= 15 is 0 Å². The molecule has 132 valence electrons. The zero-order chi connectivity index (χ0) is 18.4. The molecule has 0 atom stereocenters. The van der Waals surface area contributed by atoms with Crippen molar-refractivity contribution in [3.63, 3.8) is 0 Å². The van der Waals surface area contributed by atoms with Crippen LogP contribution in [0.3, 0.4) is 0 Å². The molecule has 2 aromatic heterocycles. The van der Waals surface area contributed by atoms with Crippen molar-refractivity contribution in [2.75, 3.05) is 0 Å². The number of rotatable bonds is 3. The summed E-state index contributed by atoms with van der Waals surface area (Å²) in [5.41, 5.74) is 0.442. The zero-order valence-electron chi connectivity index (χ0n) is 13.8. The second-order valence-electron chi connectivity index (χ2n) is 5.96. The number of benzene rings is 2. The van der Waals surface area contributed by atoms with E-state index in [-0.39, 0.29) is 15.8 Å². The fourth-order valence-electron chi connectivity index (χ4n) is 3.24. The highest BCUT2D eigenvalue weighted by molar-refractivity contribution is 6.31. The number of pyridine rings is 1. The third kappa shape index (κ3) is 2.45. The molecule has 2 aromatic carbocycles. The van der Waals surface area contributed by atoms with E-state index in [4.69, 9.17) is 16.1 Å². The van der Waals surface area contributed by atoms with Crippen LogP contribution in [-0.4, -0.2) is 9.31 Å². The van der Waals surface area contributed by atoms with Gasteiger partial charge in [0.15, 0.2) is 11.0 Å². The molecule has 0 radical (unpaired) electrons. The third-order valence-electron chi connectivity index (χ3n) is 4.40. The first-order valence-electron chi connectivity index (χ1n) is 8.10. The predicted molar refractivity (Wildman–Crippen MR) is 98.4 cm³/mol. The van der Waals surface area contributed by atoms with Crippen LogP contribution in [0.2, 0.25) is 5.02 Å². The Morgan fingerprint density at radius 3 is 2.58 bits per heavy atom. The summed E-state index contributed by atoms with van der Waals surface area (Å²) in [6.07, 6.45) is 0. The van der Waals surface area contributed by atoms with Crippen molar-refractivity contribution in [3.8, 4) is 0 Å². The van der Waals surface area contributed by atoms with Gasteiger partial charge in [0.2, 0.25) is 5.43 Å². The van der Waals surface area contributed by atoms with Crippen molar-refractivity contribution < 1.29 is 8.91 Å². The molecule has 4 aromatic rings. The molecule has 0 spiro atoms. The van der Waals surface area contributed by atoms with Crippen LogP contribution in [0.4, 0.5) is 4.39 Å². The summed E-state index contributed by atoms with van der Waals surface area (Å²) in [5, 5.41) is -0.0677. The second kappa shape index (κ2) is 6.14. The SMILES string of the molecule is CCn1c2cc(Cl)c(F)cc2c(=O)c2c(=O)on(Cc3ccccc3)c21. The largest absolute Gasteiger partial charge is 0.370 e. The highest BCUT2D eigenvalue weighted by Gasteiger charge is 2.21. The van der Waals surface area contributed by atoms with Crippen LogP contribution >= 0.6 is 11.6 Å². The van der Waals surface area contributed by atoms with E-state index in [0.29, 0.717) is 24.3 Å². The van der Waals surface area contributed by atoms with E-state index in [9.17, 15) is 14.0 Å². The van der Waals surface area contributed by atoms with E-state index in [1.165, 1.54) is 10.8 Å². The Hall–Kier alpha value is -2.86. The van der Waals surface area contributed by atoms with Crippen molar-refractivity contribution in [1.82, 2.24) is 9.31 Å². The fraction of sp³-hybridized carbons (Fsp3) is 0.158. The summed E-state index contributed by atoms with van der Waals surface area (Å²) in [5.74, 6) is -0.702. The quantitative estimate of drug-likeness (QED) is 0.550. The first kappa shape index (κ1) is 16.6. The first-order valence-corrected chi connectivity index (χ1v) is 8.48. The van der Waals surface area contributed by atoms with Crippen molar-refractivity contribution in [3.05, 3.63) is 79.5 Å². The Bertz CT molecular complexity index is 1260. The van der Waals surface area contributed by atoms with E-state index in [0.717, 1.165) is 11.6 Å². The van der Waals surface area contributed by atoms with Gasteiger partial charge in [-0.1, -0.05) is 41.9 Å². The van der Waals surface area contributed by atoms with E-state index in [2.05, 4.69) is 0 Å². The van der Waals surface area contributed by atoms with Crippen LogP contribution in [0.25, 0.3) is 21.9 Å². The van der Waals surface area contributed by atoms with Crippen molar-refractivity contribution in [1.29, 1.82) is 0 Å². The summed E-state index contributed by atoms with van der Waals surface area (Å²) >= 11 is 5.91. The minimum atomic E-state index is -0.736. The van der Waals surface area contributed by atoms with Crippen LogP contribution in [0, 0.1) is 5.82 Å². The molecule has 0 aliphatic heterocycles. The lowest BCUT2D eigenvalue weighted by atomic mass is 10.1. The number of aryl methyl sites for hydroxylation is 1. The maximum absolute atomic E-state index is 13.9. The Kier molecular flexibility index (Phi) is 3.92. The van der Waals surface area contributed by atoms with E-state index in [1.54, 1.807) is 4.57 Å². The summed E-state index contributed by atoms with van der Waals surface area (Å²) in [4.78, 5) is 25.2. The molecule has 0 bridgehead atoms. The number of hydrogen-bond acceptors (Lipinski definition) is 3. The first-order chi connectivity index (χ1) is 12.5. The van der Waals surface area contributed by atoms with Gasteiger partial charge in [0, 0.05) is 11.9 Å². The molecular formula is C19H14ClFN2O3. The molecule has 0 saturated heterocycles. The predicted octanol–water partition coefficient (Wildman–Crippen LogP) is 3.77. The molecular weight excluding hydrogens is 359 g/mol. The standard InChI is InChI=1S/C19H14ClFN2O3/c1-2-22-15-9-13(20)14(21)8-12(15)17(24)16-18(22)23(26-19(16)25)10-11-6-4-3-5-7-11/h3-9H,2,10H2,1H3. The number of aromatic nitrogens is 2. The molecule has 26 heavy (non-hydrogen) atoms. The normalized spacial score (nSPS) is 11.5. The van der Waals surface area contributed by atoms with Crippen LogP contribution in [0.5, 0.6) is 0 Å². The molecule has 0 fully saturated rings. The van der Waals surface area contributed by atoms with Gasteiger partial charge in [0.25, 0.3) is 0 Å². The molecule has 0 N–H and O–H groups in total. The topological polar surface area (TPSA) is 57.1 Å². The summed E-state index contributed by atoms with van der Waals surface area (Å²) in [6.45, 7) is 2.60. The van der Waals surface area contributed by atoms with E-state index in [1.807, 2.05) is 37.3 Å². The number of nitrogens with zero attached hydrogens (tertiary/aromatic N) is 2. The number of halogens is 2. The van der Waals surface area contributed by atoms with Crippen LogP contribution in [0.1, 0.15) is 12.5 Å². The molecule has 4 rings (SSSR count). The van der Waals surface area contributed by atoms with Crippen LogP contribution < -0.4 is 11.1 Å². The minimum absolute atomic E-state index is 0.0844. The molecule has 7 heteroatoms. The van der Waals surface area contributed by atoms with Gasteiger partial charge < -0.3 is 9.09 Å². The Morgan fingerprint density at radius 2 is 1.88 bits per heavy atom. The summed E-state index contributed by atoms with van der Waals surface area (Å²) in [6, 6.07) is 11.9. The van der Waals surface area contributed by atoms with Gasteiger partial charge in [-0.05, 0) is 24.6 Å². The van der Waals surface area contributed by atoms with Crippen LogP contribution in [0.15, 0.2) is 56.6 Å². The molecule has 0 saturated carbocycles. The van der Waals surface area contributed by atoms with Gasteiger partial charge in [-0.2, -0.15) is 4.74 Å². The molecule has 0 aliphatic rings. The van der Waals surface area contributed by atoms with Gasteiger partial charge in [0.05, 0.1) is 17.1 Å². The summed E-state index contributed by atoms with van der Waals surface area (Å²) < 4.78 is 22.3. The van der Waals surface area contributed by atoms with Crippen molar-refractivity contribution in [2.24, 2.45) is 0 Å². The highest BCUT2D eigenvalue weighted by atomic mass is 35.5. The third-order valence-corrected chi connectivity index (χ3v) is 4.69. The molecule has 2 heterocycles. The summed E-state index contributed by atoms with van der Waals surface area (Å²) in [7, 11) is 0. The Morgan fingerprint density at radius 1 is 1.15 bits per heavy atom. The second-order valence-corrected chi connectivity index (χ2v) is 6.36. The highest BCUT2D eigenvalue weighted by Crippen LogP contribution is 2.24. The van der Waals surface area contributed by atoms with Gasteiger partial charge in [-0.3, -0.25) is 4.79 Å². The Balaban J connectivity index is 2.12. The van der Waals surface area contributed by atoms with Crippen molar-refractivity contribution >= 4 is 33.5 Å². The lowest BCUT2D eigenvalue weighted by molar-refractivity contribution is 0.273. The van der Waals surface area contributed by atoms with Crippen molar-refractivity contribution in [2.45, 2.75) is 20.0 Å². The zero-order valence-corrected chi connectivity index (χ0v) is 14.6. The van der Waals surface area contributed by atoms with Gasteiger partial charge in [-0.15, -0.1) is 0 Å². The van der Waals surface area contributed by atoms with Gasteiger partial charge in [0.1, 0.15) is 5.82 Å². The maximum atomic E-state index is 13.9. The van der Waals surface area contributed by atoms with Crippen LogP contribution in [-0.2, 0) is 13.1 Å². The molecule has 5 nitrogen and oxygen atoms in total. The van der Waals surface area contributed by atoms with E-state index < -0.39 is 16.9 Å². The Labute approximate surface area is 151 Å². The molecule has 0 aliphatic carbocycles. The number of fused-ring (bicyclic) bond motifs is 2. The monoisotopic (exact) mass is 372 g/mol. The number of hydrogen-bond donors (Lipinski definition) is 0. The maximum Gasteiger partial charge on any atom is 0.370 e. The average molecular weight is 373 g/mol. The molecule has 0 amide bonds. The molecule has 0 unspecified atom stereocenters. The fourth-order valence-corrected chi connectivity index (χ4v) is 3.39. The lowest BCUT2D eigenvalue weighted by Crippen LogP contribution is -2.15. The smallest absolute Gasteiger partial charge is 0.333 e. The minimum Gasteiger partial charge on any atom is -0.333 e.